The van der Waals surface area contributed by atoms with E-state index in [0.29, 0.717) is 27.7 Å². The number of amides is 2. The van der Waals surface area contributed by atoms with Crippen molar-refractivity contribution in [3.63, 3.8) is 0 Å². The summed E-state index contributed by atoms with van der Waals surface area (Å²) in [6.07, 6.45) is 1.49. The predicted molar refractivity (Wildman–Crippen MR) is 110 cm³/mol. The maximum absolute atomic E-state index is 12.7. The van der Waals surface area contributed by atoms with Crippen LogP contribution >= 0.6 is 11.8 Å². The number of carboxylic acids is 1. The predicted octanol–water partition coefficient (Wildman–Crippen LogP) is 4.10. The van der Waals surface area contributed by atoms with Gasteiger partial charge in [0.25, 0.3) is 11.1 Å². The van der Waals surface area contributed by atoms with E-state index in [1.54, 1.807) is 36.4 Å². The number of benzene rings is 2. The van der Waals surface area contributed by atoms with Crippen molar-refractivity contribution in [3.05, 3.63) is 58.5 Å². The molecule has 7 nitrogen and oxygen atoms in total. The van der Waals surface area contributed by atoms with E-state index in [2.05, 4.69) is 0 Å². The highest BCUT2D eigenvalue weighted by molar-refractivity contribution is 8.19. The van der Waals surface area contributed by atoms with Crippen LogP contribution < -0.4 is 14.4 Å². The number of aryl methyl sites for hydroxylation is 1. The van der Waals surface area contributed by atoms with Crippen molar-refractivity contribution in [2.75, 3.05) is 18.6 Å². The number of anilines is 1. The molecule has 1 fully saturated rings. The maximum Gasteiger partial charge on any atom is 0.306 e. The number of methoxy groups -OCH3 is 1. The third kappa shape index (κ3) is 4.78. The summed E-state index contributed by atoms with van der Waals surface area (Å²) in [6.45, 7) is 1.94. The molecule has 1 aliphatic rings. The van der Waals surface area contributed by atoms with Crippen molar-refractivity contribution in [2.24, 2.45) is 0 Å². The highest BCUT2D eigenvalue weighted by Crippen LogP contribution is 2.37. The molecule has 0 atom stereocenters. The molecule has 3 rings (SSSR count). The van der Waals surface area contributed by atoms with Gasteiger partial charge in [0.15, 0.2) is 11.5 Å². The number of carboxylic acid groups (broad SMARTS) is 1. The van der Waals surface area contributed by atoms with Gasteiger partial charge in [-0.3, -0.25) is 14.4 Å². The fraction of sp³-hybridized carbons (Fsp3) is 0.190. The molecule has 2 aromatic carbocycles. The van der Waals surface area contributed by atoms with E-state index in [1.165, 1.54) is 7.11 Å². The molecule has 0 bridgehead atoms. The second-order valence-corrected chi connectivity index (χ2v) is 7.25. The Morgan fingerprint density at radius 2 is 1.86 bits per heavy atom. The van der Waals surface area contributed by atoms with Gasteiger partial charge >= 0.3 is 5.97 Å². The SMILES string of the molecule is COc1cc(/C=C2/SC(=O)N(c3ccc(C)cc3)C2=O)ccc1OCCC(=O)O. The Labute approximate surface area is 171 Å². The lowest BCUT2D eigenvalue weighted by molar-refractivity contribution is -0.137. The molecule has 0 radical (unpaired) electrons. The van der Waals surface area contributed by atoms with Crippen LogP contribution in [0.4, 0.5) is 10.5 Å². The van der Waals surface area contributed by atoms with Gasteiger partial charge in [-0.15, -0.1) is 0 Å². The molecule has 29 heavy (non-hydrogen) atoms. The summed E-state index contributed by atoms with van der Waals surface area (Å²) < 4.78 is 10.7. The van der Waals surface area contributed by atoms with E-state index in [0.717, 1.165) is 22.2 Å². The van der Waals surface area contributed by atoms with Crippen molar-refractivity contribution in [3.8, 4) is 11.5 Å². The zero-order valence-corrected chi connectivity index (χ0v) is 16.7. The molecule has 1 saturated heterocycles. The van der Waals surface area contributed by atoms with Gasteiger partial charge in [-0.05, 0) is 54.6 Å². The molecular formula is C21H19NO6S. The zero-order valence-electron chi connectivity index (χ0n) is 15.9. The summed E-state index contributed by atoms with van der Waals surface area (Å²) in [5.41, 5.74) is 2.22. The number of hydrogen-bond acceptors (Lipinski definition) is 6. The van der Waals surface area contributed by atoms with E-state index in [4.69, 9.17) is 14.6 Å². The topological polar surface area (TPSA) is 93.1 Å². The van der Waals surface area contributed by atoms with Gasteiger partial charge in [0.05, 0.1) is 30.7 Å². The standard InChI is InChI=1S/C21H19NO6S/c1-13-3-6-15(7-4-13)22-20(25)18(29-21(22)26)12-14-5-8-16(17(11-14)27-2)28-10-9-19(23)24/h3-8,11-12H,9-10H2,1-2H3,(H,23,24)/b18-12+. The summed E-state index contributed by atoms with van der Waals surface area (Å²) in [6, 6.07) is 12.2. The first-order valence-electron chi connectivity index (χ1n) is 8.76. The van der Waals surface area contributed by atoms with Gasteiger partial charge in [-0.2, -0.15) is 0 Å². The molecule has 2 aromatic rings. The second-order valence-electron chi connectivity index (χ2n) is 6.26. The molecular weight excluding hydrogens is 394 g/mol. The van der Waals surface area contributed by atoms with Crippen molar-refractivity contribution in [1.29, 1.82) is 0 Å². The summed E-state index contributed by atoms with van der Waals surface area (Å²) in [7, 11) is 1.47. The van der Waals surface area contributed by atoms with Gasteiger partial charge < -0.3 is 14.6 Å². The molecule has 2 amide bonds. The van der Waals surface area contributed by atoms with Crippen LogP contribution in [0.15, 0.2) is 47.4 Å². The van der Waals surface area contributed by atoms with Crippen molar-refractivity contribution >= 4 is 40.6 Å². The van der Waals surface area contributed by atoms with Crippen LogP contribution in [-0.2, 0) is 9.59 Å². The average molecular weight is 413 g/mol. The van der Waals surface area contributed by atoms with E-state index >= 15 is 0 Å². The summed E-state index contributed by atoms with van der Waals surface area (Å²) in [4.78, 5) is 37.2. The minimum atomic E-state index is -0.954. The molecule has 1 N–H and O–H groups in total. The van der Waals surface area contributed by atoms with Gasteiger partial charge in [0, 0.05) is 0 Å². The van der Waals surface area contributed by atoms with Crippen molar-refractivity contribution < 1.29 is 29.0 Å². The quantitative estimate of drug-likeness (QED) is 0.683. The number of hydrogen-bond donors (Lipinski definition) is 1. The smallest absolute Gasteiger partial charge is 0.306 e. The maximum atomic E-state index is 12.7. The molecule has 1 aliphatic heterocycles. The number of aliphatic carboxylic acids is 1. The lowest BCUT2D eigenvalue weighted by atomic mass is 10.1. The van der Waals surface area contributed by atoms with Crippen molar-refractivity contribution in [1.82, 2.24) is 0 Å². The first kappa shape index (κ1) is 20.5. The van der Waals surface area contributed by atoms with Crippen molar-refractivity contribution in [2.45, 2.75) is 13.3 Å². The first-order valence-corrected chi connectivity index (χ1v) is 9.58. The fourth-order valence-corrected chi connectivity index (χ4v) is 3.52. The number of ether oxygens (including phenoxy) is 2. The van der Waals surface area contributed by atoms with Crippen LogP contribution in [0.1, 0.15) is 17.5 Å². The Morgan fingerprint density at radius 3 is 2.52 bits per heavy atom. The monoisotopic (exact) mass is 413 g/mol. The van der Waals surface area contributed by atoms with Gasteiger partial charge in [-0.25, -0.2) is 4.90 Å². The number of rotatable bonds is 7. The van der Waals surface area contributed by atoms with E-state index in [9.17, 15) is 14.4 Å². The van der Waals surface area contributed by atoms with Gasteiger partial charge in [0.1, 0.15) is 0 Å². The number of carbonyl (C=O) groups is 3. The lowest BCUT2D eigenvalue weighted by Crippen LogP contribution is -2.27. The molecule has 0 aliphatic carbocycles. The highest BCUT2D eigenvalue weighted by Gasteiger charge is 2.36. The Bertz CT molecular complexity index is 983. The second kappa shape index (κ2) is 8.83. The number of nitrogens with zero attached hydrogens (tertiary/aromatic N) is 1. The fourth-order valence-electron chi connectivity index (χ4n) is 2.68. The summed E-state index contributed by atoms with van der Waals surface area (Å²) >= 11 is 0.872. The minimum absolute atomic E-state index is 0.0144. The largest absolute Gasteiger partial charge is 0.493 e. The minimum Gasteiger partial charge on any atom is -0.493 e. The Morgan fingerprint density at radius 1 is 1.14 bits per heavy atom. The lowest BCUT2D eigenvalue weighted by Gasteiger charge is -2.12. The van der Waals surface area contributed by atoms with E-state index < -0.39 is 5.97 Å². The third-order valence-electron chi connectivity index (χ3n) is 4.14. The average Bonchev–Trinajstić information content (AvgIpc) is 2.96. The molecule has 8 heteroatoms. The van der Waals surface area contributed by atoms with E-state index in [-0.39, 0.29) is 24.2 Å². The normalized spacial score (nSPS) is 15.1. The zero-order chi connectivity index (χ0) is 21.0. The molecule has 0 aromatic heterocycles. The van der Waals surface area contributed by atoms with Crippen LogP contribution in [0, 0.1) is 6.92 Å². The summed E-state index contributed by atoms with van der Waals surface area (Å²) in [5, 5.41) is 8.34. The number of imide groups is 1. The third-order valence-corrected chi connectivity index (χ3v) is 5.01. The number of carbonyl (C=O) groups excluding carboxylic acids is 2. The first-order chi connectivity index (χ1) is 13.9. The number of thioether (sulfide) groups is 1. The summed E-state index contributed by atoms with van der Waals surface area (Å²) in [5.74, 6) is -0.532. The van der Waals surface area contributed by atoms with Gasteiger partial charge in [-0.1, -0.05) is 23.8 Å². The van der Waals surface area contributed by atoms with Crippen LogP contribution in [-0.4, -0.2) is 35.9 Å². The molecule has 1 heterocycles. The van der Waals surface area contributed by atoms with Crippen LogP contribution in [0.25, 0.3) is 6.08 Å². The van der Waals surface area contributed by atoms with Crippen LogP contribution in [0.2, 0.25) is 0 Å². The highest BCUT2D eigenvalue weighted by atomic mass is 32.2. The van der Waals surface area contributed by atoms with Crippen LogP contribution in [0.3, 0.4) is 0 Å². The Hall–Kier alpha value is -3.26. The molecule has 0 spiro atoms. The molecule has 0 unspecified atom stereocenters. The molecule has 0 saturated carbocycles. The van der Waals surface area contributed by atoms with Gasteiger partial charge in [0.2, 0.25) is 0 Å². The van der Waals surface area contributed by atoms with E-state index in [1.807, 2.05) is 19.1 Å². The van der Waals surface area contributed by atoms with Crippen LogP contribution in [0.5, 0.6) is 11.5 Å². The Kier molecular flexibility index (Phi) is 6.23. The molecule has 150 valence electrons. The Balaban J connectivity index is 1.80.